The molecule has 5 heteroatoms. The van der Waals surface area contributed by atoms with E-state index in [-0.39, 0.29) is 6.03 Å². The molecule has 0 radical (unpaired) electrons. The molecule has 2 aliphatic rings. The average Bonchev–Trinajstić information content (AvgIpc) is 2.91. The Bertz CT molecular complexity index is 499. The summed E-state index contributed by atoms with van der Waals surface area (Å²) < 4.78 is 0. The fraction of sp³-hybridized carbons (Fsp3) is 0.611. The van der Waals surface area contributed by atoms with E-state index in [0.717, 1.165) is 65.1 Å². The summed E-state index contributed by atoms with van der Waals surface area (Å²) in [6.07, 6.45) is 3.27. The molecule has 0 spiro atoms. The first-order valence-corrected chi connectivity index (χ1v) is 8.78. The second-order valence-electron chi connectivity index (χ2n) is 6.71. The van der Waals surface area contributed by atoms with Gasteiger partial charge in [-0.2, -0.15) is 0 Å². The fourth-order valence-corrected chi connectivity index (χ4v) is 3.45. The number of nitrogens with two attached hydrogens (primary N) is 1. The topological polar surface area (TPSA) is 52.8 Å². The van der Waals surface area contributed by atoms with E-state index in [2.05, 4.69) is 17.0 Å². The maximum absolute atomic E-state index is 12.5. The molecule has 0 saturated carbocycles. The maximum Gasteiger partial charge on any atom is 0.320 e. The molecule has 2 saturated heterocycles. The summed E-state index contributed by atoms with van der Waals surface area (Å²) in [4.78, 5) is 18.9. The van der Waals surface area contributed by atoms with Crippen LogP contribution in [0.15, 0.2) is 30.3 Å². The highest BCUT2D eigenvalue weighted by atomic mass is 16.2. The van der Waals surface area contributed by atoms with E-state index >= 15 is 0 Å². The Hall–Kier alpha value is -1.59. The Labute approximate surface area is 139 Å². The number of carbonyl (C=O) groups excluding carboxylic acids is 1. The van der Waals surface area contributed by atoms with Gasteiger partial charge in [-0.05, 0) is 44.5 Å². The first-order valence-electron chi connectivity index (χ1n) is 8.78. The van der Waals surface area contributed by atoms with Gasteiger partial charge in [-0.1, -0.05) is 30.3 Å². The second-order valence-corrected chi connectivity index (χ2v) is 6.71. The van der Waals surface area contributed by atoms with E-state index in [1.165, 1.54) is 5.56 Å². The van der Waals surface area contributed by atoms with Crippen LogP contribution in [0.5, 0.6) is 0 Å². The number of piperidine rings is 1. The number of rotatable bonds is 6. The third-order valence-corrected chi connectivity index (χ3v) is 4.93. The van der Waals surface area contributed by atoms with Crippen molar-refractivity contribution in [3.63, 3.8) is 0 Å². The highest BCUT2D eigenvalue weighted by molar-refractivity contribution is 5.76. The molecule has 0 unspecified atom stereocenters. The number of likely N-dealkylation sites (tertiary alicyclic amines) is 1. The molecule has 1 aromatic rings. The lowest BCUT2D eigenvalue weighted by molar-refractivity contribution is 0.181. The fourth-order valence-electron chi connectivity index (χ4n) is 3.45. The van der Waals surface area contributed by atoms with E-state index in [4.69, 9.17) is 5.73 Å². The molecule has 5 nitrogen and oxygen atoms in total. The van der Waals surface area contributed by atoms with Gasteiger partial charge in [0.05, 0.1) is 0 Å². The van der Waals surface area contributed by atoms with Gasteiger partial charge < -0.3 is 20.4 Å². The molecular formula is C18H28N4O. The van der Waals surface area contributed by atoms with Crippen LogP contribution >= 0.6 is 0 Å². The van der Waals surface area contributed by atoms with Crippen LogP contribution in [-0.4, -0.2) is 66.0 Å². The Balaban J connectivity index is 1.39. The molecule has 0 aromatic heterocycles. The summed E-state index contributed by atoms with van der Waals surface area (Å²) in [5, 5.41) is 0. The predicted octanol–water partition coefficient (Wildman–Crippen LogP) is 1.74. The SMILES string of the molecule is NC1CCN(CCCN2CCN(Cc3ccccc3)C2=O)CC1. The molecule has 2 heterocycles. The molecule has 126 valence electrons. The molecular weight excluding hydrogens is 288 g/mol. The van der Waals surface area contributed by atoms with Crippen molar-refractivity contribution in [1.29, 1.82) is 0 Å². The summed E-state index contributed by atoms with van der Waals surface area (Å²) in [6, 6.07) is 10.8. The third-order valence-electron chi connectivity index (χ3n) is 4.93. The van der Waals surface area contributed by atoms with Gasteiger partial charge >= 0.3 is 6.03 Å². The first-order chi connectivity index (χ1) is 11.2. The van der Waals surface area contributed by atoms with E-state index in [1.54, 1.807) is 0 Å². The van der Waals surface area contributed by atoms with Crippen LogP contribution in [-0.2, 0) is 6.54 Å². The van der Waals surface area contributed by atoms with Crippen LogP contribution in [0.1, 0.15) is 24.8 Å². The second kappa shape index (κ2) is 7.79. The zero-order chi connectivity index (χ0) is 16.1. The minimum Gasteiger partial charge on any atom is -0.328 e. The zero-order valence-corrected chi connectivity index (χ0v) is 13.9. The monoisotopic (exact) mass is 316 g/mol. The molecule has 2 fully saturated rings. The van der Waals surface area contributed by atoms with Crippen molar-refractivity contribution >= 4 is 6.03 Å². The predicted molar refractivity (Wildman–Crippen MR) is 92.1 cm³/mol. The van der Waals surface area contributed by atoms with Gasteiger partial charge in [0.15, 0.2) is 0 Å². The normalized spacial score (nSPS) is 20.5. The van der Waals surface area contributed by atoms with Crippen molar-refractivity contribution in [3.05, 3.63) is 35.9 Å². The van der Waals surface area contributed by atoms with Gasteiger partial charge in [-0.25, -0.2) is 4.79 Å². The number of carbonyl (C=O) groups is 1. The maximum atomic E-state index is 12.5. The molecule has 0 bridgehead atoms. The minimum atomic E-state index is 0.189. The Morgan fingerprint density at radius 3 is 2.39 bits per heavy atom. The highest BCUT2D eigenvalue weighted by Gasteiger charge is 2.28. The largest absolute Gasteiger partial charge is 0.328 e. The van der Waals surface area contributed by atoms with Crippen LogP contribution in [0, 0.1) is 0 Å². The van der Waals surface area contributed by atoms with Crippen molar-refractivity contribution in [3.8, 4) is 0 Å². The number of nitrogens with zero attached hydrogens (tertiary/aromatic N) is 3. The van der Waals surface area contributed by atoms with E-state index in [1.807, 2.05) is 28.0 Å². The lowest BCUT2D eigenvalue weighted by atomic mass is 10.1. The molecule has 2 N–H and O–H groups in total. The summed E-state index contributed by atoms with van der Waals surface area (Å²) in [6.45, 7) is 6.58. The highest BCUT2D eigenvalue weighted by Crippen LogP contribution is 2.14. The van der Waals surface area contributed by atoms with Crippen molar-refractivity contribution in [2.75, 3.05) is 39.3 Å². The van der Waals surface area contributed by atoms with Crippen molar-refractivity contribution in [1.82, 2.24) is 14.7 Å². The van der Waals surface area contributed by atoms with Crippen molar-refractivity contribution in [2.45, 2.75) is 31.8 Å². The van der Waals surface area contributed by atoms with Crippen LogP contribution in [0.4, 0.5) is 4.79 Å². The number of amides is 2. The zero-order valence-electron chi connectivity index (χ0n) is 13.9. The smallest absolute Gasteiger partial charge is 0.320 e. The standard InChI is InChI=1S/C18H28N4O/c19-17-7-11-20(12-8-17)9-4-10-21-13-14-22(18(21)23)15-16-5-2-1-3-6-16/h1-3,5-6,17H,4,7-15,19H2. The summed E-state index contributed by atoms with van der Waals surface area (Å²) >= 11 is 0. The Morgan fingerprint density at radius 2 is 1.65 bits per heavy atom. The van der Waals surface area contributed by atoms with Crippen LogP contribution in [0.3, 0.4) is 0 Å². The molecule has 2 amide bonds. The van der Waals surface area contributed by atoms with Crippen LogP contribution in [0.2, 0.25) is 0 Å². The van der Waals surface area contributed by atoms with E-state index in [9.17, 15) is 4.79 Å². The lowest BCUT2D eigenvalue weighted by Crippen LogP contribution is -2.41. The van der Waals surface area contributed by atoms with Crippen LogP contribution in [0.25, 0.3) is 0 Å². The molecule has 2 aliphatic heterocycles. The molecule has 0 atom stereocenters. The lowest BCUT2D eigenvalue weighted by Gasteiger charge is -2.30. The molecule has 23 heavy (non-hydrogen) atoms. The molecule has 1 aromatic carbocycles. The quantitative estimate of drug-likeness (QED) is 0.870. The number of urea groups is 1. The number of benzene rings is 1. The molecule has 3 rings (SSSR count). The first kappa shape index (κ1) is 16.3. The third kappa shape index (κ3) is 4.45. The summed E-state index contributed by atoms with van der Waals surface area (Å²) in [5.41, 5.74) is 7.14. The minimum absolute atomic E-state index is 0.189. The van der Waals surface area contributed by atoms with Crippen molar-refractivity contribution < 1.29 is 4.79 Å². The van der Waals surface area contributed by atoms with Gasteiger partial charge in [0, 0.05) is 32.2 Å². The van der Waals surface area contributed by atoms with Gasteiger partial charge in [0.1, 0.15) is 0 Å². The number of hydrogen-bond acceptors (Lipinski definition) is 3. The Morgan fingerprint density at radius 1 is 0.957 bits per heavy atom. The average molecular weight is 316 g/mol. The van der Waals surface area contributed by atoms with E-state index < -0.39 is 0 Å². The van der Waals surface area contributed by atoms with Gasteiger partial charge in [0.25, 0.3) is 0 Å². The van der Waals surface area contributed by atoms with E-state index in [0.29, 0.717) is 6.04 Å². The van der Waals surface area contributed by atoms with Gasteiger partial charge in [0.2, 0.25) is 0 Å². The number of hydrogen-bond donors (Lipinski definition) is 1. The van der Waals surface area contributed by atoms with Crippen molar-refractivity contribution in [2.24, 2.45) is 5.73 Å². The summed E-state index contributed by atoms with van der Waals surface area (Å²) in [5.74, 6) is 0. The molecule has 0 aliphatic carbocycles. The Kier molecular flexibility index (Phi) is 5.51. The van der Waals surface area contributed by atoms with Crippen LogP contribution < -0.4 is 5.73 Å². The van der Waals surface area contributed by atoms with Gasteiger partial charge in [-0.15, -0.1) is 0 Å². The summed E-state index contributed by atoms with van der Waals surface area (Å²) in [7, 11) is 0. The van der Waals surface area contributed by atoms with Gasteiger partial charge in [-0.3, -0.25) is 0 Å².